The van der Waals surface area contributed by atoms with E-state index in [2.05, 4.69) is 45.7 Å². The molecule has 1 amide bonds. The number of aromatic nitrogens is 1. The molecule has 1 aromatic heterocycles. The van der Waals surface area contributed by atoms with Crippen molar-refractivity contribution in [1.82, 2.24) is 15.4 Å². The molecule has 0 spiro atoms. The molecule has 27 heavy (non-hydrogen) atoms. The maximum Gasteiger partial charge on any atom is 0.290 e. The molecule has 5 heteroatoms. The summed E-state index contributed by atoms with van der Waals surface area (Å²) in [6.07, 6.45) is 8.07. The van der Waals surface area contributed by atoms with E-state index in [9.17, 15) is 4.79 Å². The zero-order valence-electron chi connectivity index (χ0n) is 15.9. The van der Waals surface area contributed by atoms with E-state index in [1.807, 2.05) is 6.07 Å². The lowest BCUT2D eigenvalue weighted by molar-refractivity contribution is 0.0890. The van der Waals surface area contributed by atoms with Gasteiger partial charge in [-0.25, -0.2) is 0 Å². The highest BCUT2D eigenvalue weighted by atomic mass is 16.5. The lowest BCUT2D eigenvalue weighted by Gasteiger charge is -2.31. The van der Waals surface area contributed by atoms with Crippen LogP contribution in [0.15, 0.2) is 40.9 Å². The number of hydrogen-bond donors (Lipinski definition) is 1. The topological polar surface area (TPSA) is 58.4 Å². The van der Waals surface area contributed by atoms with E-state index in [0.717, 1.165) is 51.0 Å². The highest BCUT2D eigenvalue weighted by Crippen LogP contribution is 2.27. The first-order chi connectivity index (χ1) is 13.3. The number of carbonyl (C=O) groups is 1. The van der Waals surface area contributed by atoms with Gasteiger partial charge in [0.15, 0.2) is 0 Å². The first kappa shape index (κ1) is 18.2. The maximum atomic E-state index is 12.5. The number of likely N-dealkylation sites (tertiary alicyclic amines) is 1. The van der Waals surface area contributed by atoms with Crippen molar-refractivity contribution >= 4 is 5.91 Å². The summed E-state index contributed by atoms with van der Waals surface area (Å²) in [6.45, 7) is 3.04. The van der Waals surface area contributed by atoms with Crippen molar-refractivity contribution in [1.29, 1.82) is 0 Å². The molecule has 144 valence electrons. The van der Waals surface area contributed by atoms with Crippen LogP contribution in [0.1, 0.15) is 72.7 Å². The van der Waals surface area contributed by atoms with Crippen LogP contribution in [0.2, 0.25) is 0 Å². The molecule has 1 saturated heterocycles. The molecule has 1 aliphatic carbocycles. The molecule has 2 aromatic rings. The van der Waals surface area contributed by atoms with E-state index in [-0.39, 0.29) is 11.9 Å². The molecule has 4 rings (SSSR count). The van der Waals surface area contributed by atoms with Gasteiger partial charge in [0.2, 0.25) is 5.76 Å². The molecule has 5 nitrogen and oxygen atoms in total. The highest BCUT2D eigenvalue weighted by Gasteiger charge is 2.26. The SMILES string of the molecule is O=C(NC1CCCCC1)c1cc([C@H]2CCCN(Cc3ccccc3)C2)no1. The molecule has 2 heterocycles. The van der Waals surface area contributed by atoms with Crippen LogP contribution in [-0.4, -0.2) is 35.1 Å². The fourth-order valence-corrected chi connectivity index (χ4v) is 4.37. The average Bonchev–Trinajstić information content (AvgIpc) is 3.20. The second-order valence-corrected chi connectivity index (χ2v) is 7.98. The number of amides is 1. The van der Waals surface area contributed by atoms with Crippen LogP contribution in [-0.2, 0) is 6.54 Å². The molecule has 1 aliphatic heterocycles. The van der Waals surface area contributed by atoms with Crippen molar-refractivity contribution in [3.63, 3.8) is 0 Å². The molecule has 1 atom stereocenters. The Hall–Kier alpha value is -2.14. The Balaban J connectivity index is 1.35. The molecule has 1 saturated carbocycles. The minimum atomic E-state index is -0.113. The van der Waals surface area contributed by atoms with Gasteiger partial charge in [-0.15, -0.1) is 0 Å². The zero-order valence-corrected chi connectivity index (χ0v) is 15.9. The van der Waals surface area contributed by atoms with E-state index >= 15 is 0 Å². The second-order valence-electron chi connectivity index (χ2n) is 7.98. The van der Waals surface area contributed by atoms with Crippen molar-refractivity contribution < 1.29 is 9.32 Å². The number of rotatable bonds is 5. The Morgan fingerprint density at radius 3 is 2.74 bits per heavy atom. The van der Waals surface area contributed by atoms with E-state index in [4.69, 9.17) is 4.52 Å². The van der Waals surface area contributed by atoms with Gasteiger partial charge < -0.3 is 9.84 Å². The van der Waals surface area contributed by atoms with Crippen LogP contribution in [0.4, 0.5) is 0 Å². The van der Waals surface area contributed by atoms with Gasteiger partial charge in [-0.05, 0) is 37.8 Å². The fourth-order valence-electron chi connectivity index (χ4n) is 4.37. The summed E-state index contributed by atoms with van der Waals surface area (Å²) >= 11 is 0. The number of benzene rings is 1. The van der Waals surface area contributed by atoms with Crippen LogP contribution >= 0.6 is 0 Å². The summed E-state index contributed by atoms with van der Waals surface area (Å²) in [5.74, 6) is 0.579. The minimum absolute atomic E-state index is 0.113. The highest BCUT2D eigenvalue weighted by molar-refractivity contribution is 5.91. The largest absolute Gasteiger partial charge is 0.351 e. The molecule has 1 N–H and O–H groups in total. The van der Waals surface area contributed by atoms with Crippen LogP contribution in [0.3, 0.4) is 0 Å². The number of nitrogens with one attached hydrogen (secondary N) is 1. The molecule has 2 fully saturated rings. The van der Waals surface area contributed by atoms with Gasteiger partial charge in [-0.3, -0.25) is 9.69 Å². The lowest BCUT2D eigenvalue weighted by Crippen LogP contribution is -2.36. The van der Waals surface area contributed by atoms with Gasteiger partial charge in [0, 0.05) is 31.1 Å². The summed E-state index contributed by atoms with van der Waals surface area (Å²) < 4.78 is 5.39. The third-order valence-corrected chi connectivity index (χ3v) is 5.87. The van der Waals surface area contributed by atoms with Crippen LogP contribution in [0.5, 0.6) is 0 Å². The Bertz CT molecular complexity index is 737. The Morgan fingerprint density at radius 2 is 1.93 bits per heavy atom. The fraction of sp³-hybridized carbons (Fsp3) is 0.545. The van der Waals surface area contributed by atoms with Crippen LogP contribution in [0, 0.1) is 0 Å². The van der Waals surface area contributed by atoms with Crippen molar-refractivity contribution in [3.8, 4) is 0 Å². The van der Waals surface area contributed by atoms with Crippen molar-refractivity contribution in [2.75, 3.05) is 13.1 Å². The summed E-state index contributed by atoms with van der Waals surface area (Å²) in [4.78, 5) is 14.9. The first-order valence-electron chi connectivity index (χ1n) is 10.3. The van der Waals surface area contributed by atoms with Crippen LogP contribution in [0.25, 0.3) is 0 Å². The molecular weight excluding hydrogens is 338 g/mol. The van der Waals surface area contributed by atoms with Gasteiger partial charge in [-0.1, -0.05) is 54.8 Å². The summed E-state index contributed by atoms with van der Waals surface area (Å²) in [7, 11) is 0. The first-order valence-corrected chi connectivity index (χ1v) is 10.3. The Kier molecular flexibility index (Phi) is 5.87. The molecule has 1 aromatic carbocycles. The van der Waals surface area contributed by atoms with Gasteiger partial charge in [-0.2, -0.15) is 0 Å². The van der Waals surface area contributed by atoms with E-state index in [1.54, 1.807) is 0 Å². The predicted octanol–water partition coefficient (Wildman–Crippen LogP) is 4.12. The molecule has 2 aliphatic rings. The van der Waals surface area contributed by atoms with Crippen molar-refractivity contribution in [2.45, 2.75) is 63.5 Å². The maximum absolute atomic E-state index is 12.5. The van der Waals surface area contributed by atoms with Crippen molar-refractivity contribution in [2.24, 2.45) is 0 Å². The second kappa shape index (κ2) is 8.70. The van der Waals surface area contributed by atoms with Gasteiger partial charge >= 0.3 is 0 Å². The number of carbonyl (C=O) groups excluding carboxylic acids is 1. The van der Waals surface area contributed by atoms with Gasteiger partial charge in [0.05, 0.1) is 5.69 Å². The quantitative estimate of drug-likeness (QED) is 0.864. The van der Waals surface area contributed by atoms with E-state index in [0.29, 0.717) is 11.7 Å². The smallest absolute Gasteiger partial charge is 0.290 e. The zero-order chi connectivity index (χ0) is 18.5. The van der Waals surface area contributed by atoms with E-state index in [1.165, 1.54) is 24.8 Å². The molecular formula is C22H29N3O2. The Morgan fingerprint density at radius 1 is 1.11 bits per heavy atom. The predicted molar refractivity (Wildman–Crippen MR) is 105 cm³/mol. The molecule has 0 unspecified atom stereocenters. The van der Waals surface area contributed by atoms with Crippen LogP contribution < -0.4 is 5.32 Å². The third kappa shape index (κ3) is 4.78. The molecule has 0 bridgehead atoms. The summed E-state index contributed by atoms with van der Waals surface area (Å²) in [6, 6.07) is 12.7. The molecule has 0 radical (unpaired) electrons. The minimum Gasteiger partial charge on any atom is -0.351 e. The Labute approximate surface area is 161 Å². The van der Waals surface area contributed by atoms with E-state index < -0.39 is 0 Å². The number of nitrogens with zero attached hydrogens (tertiary/aromatic N) is 2. The monoisotopic (exact) mass is 367 g/mol. The lowest BCUT2D eigenvalue weighted by atomic mass is 9.94. The average molecular weight is 367 g/mol. The standard InChI is InChI=1S/C22H29N3O2/c26-22(23-19-11-5-2-6-12-19)21-14-20(24-27-21)18-10-7-13-25(16-18)15-17-8-3-1-4-9-17/h1,3-4,8-9,14,18-19H,2,5-7,10-13,15-16H2,(H,23,26)/t18-/m0/s1. The summed E-state index contributed by atoms with van der Waals surface area (Å²) in [5.41, 5.74) is 2.26. The number of piperidine rings is 1. The summed E-state index contributed by atoms with van der Waals surface area (Å²) in [5, 5.41) is 7.34. The van der Waals surface area contributed by atoms with Crippen molar-refractivity contribution in [3.05, 3.63) is 53.4 Å². The van der Waals surface area contributed by atoms with Gasteiger partial charge in [0.1, 0.15) is 0 Å². The third-order valence-electron chi connectivity index (χ3n) is 5.87. The number of hydrogen-bond acceptors (Lipinski definition) is 4. The normalized spacial score (nSPS) is 21.9. The van der Waals surface area contributed by atoms with Gasteiger partial charge in [0.25, 0.3) is 5.91 Å².